The van der Waals surface area contributed by atoms with Gasteiger partial charge in [0, 0.05) is 13.0 Å². The molecule has 3 atom stereocenters. The maximum atomic E-state index is 12.9. The van der Waals surface area contributed by atoms with Crippen LogP contribution in [-0.4, -0.2) is 90.1 Å². The van der Waals surface area contributed by atoms with Gasteiger partial charge in [0.15, 0.2) is 5.96 Å². The normalized spacial score (nSPS) is 12.8. The Morgan fingerprint density at radius 1 is 0.892 bits per heavy atom. The number of aliphatic imine (C=N–C) groups is 1. The molecule has 37 heavy (non-hydrogen) atoms. The Morgan fingerprint density at radius 3 is 2.11 bits per heavy atom. The molecular formula is C22H34N8O7. The molecule has 0 heterocycles. The van der Waals surface area contributed by atoms with Crippen LogP contribution in [0.15, 0.2) is 35.3 Å². The molecule has 0 bridgehead atoms. The number of aliphatic hydroxyl groups is 1. The van der Waals surface area contributed by atoms with Crippen LogP contribution in [-0.2, 0) is 30.4 Å². The van der Waals surface area contributed by atoms with Crippen LogP contribution in [0.25, 0.3) is 0 Å². The molecule has 0 fully saturated rings. The number of nitrogens with one attached hydrogen (secondary N) is 4. The van der Waals surface area contributed by atoms with Gasteiger partial charge in [-0.1, -0.05) is 30.3 Å². The third-order valence-electron chi connectivity index (χ3n) is 4.94. The van der Waals surface area contributed by atoms with Crippen LogP contribution >= 0.6 is 0 Å². The number of hydrogen-bond acceptors (Lipinski definition) is 8. The highest BCUT2D eigenvalue weighted by Gasteiger charge is 2.27. The van der Waals surface area contributed by atoms with Crippen molar-refractivity contribution in [3.63, 3.8) is 0 Å². The monoisotopic (exact) mass is 522 g/mol. The van der Waals surface area contributed by atoms with Gasteiger partial charge in [0.25, 0.3) is 0 Å². The molecule has 0 saturated carbocycles. The third-order valence-corrected chi connectivity index (χ3v) is 4.94. The smallest absolute Gasteiger partial charge is 0.326 e. The lowest BCUT2D eigenvalue weighted by Crippen LogP contribution is -2.55. The Bertz CT molecular complexity index is 954. The van der Waals surface area contributed by atoms with Crippen LogP contribution in [0.3, 0.4) is 0 Å². The highest BCUT2D eigenvalue weighted by molar-refractivity contribution is 5.93. The molecule has 0 aromatic heterocycles. The van der Waals surface area contributed by atoms with Crippen molar-refractivity contribution in [2.75, 3.05) is 26.2 Å². The summed E-state index contributed by atoms with van der Waals surface area (Å²) in [6, 6.07) is 4.95. The minimum atomic E-state index is -1.32. The van der Waals surface area contributed by atoms with E-state index in [0.717, 1.165) is 0 Å². The number of benzene rings is 1. The molecule has 15 nitrogen and oxygen atoms in total. The fraction of sp³-hybridized carbons (Fsp3) is 0.455. The molecule has 204 valence electrons. The van der Waals surface area contributed by atoms with E-state index >= 15 is 0 Å². The lowest BCUT2D eigenvalue weighted by atomic mass is 10.0. The Balaban J connectivity index is 2.85. The van der Waals surface area contributed by atoms with E-state index in [1.54, 1.807) is 30.3 Å². The van der Waals surface area contributed by atoms with Crippen molar-refractivity contribution in [2.24, 2.45) is 22.2 Å². The van der Waals surface area contributed by atoms with Gasteiger partial charge in [0.2, 0.25) is 23.6 Å². The van der Waals surface area contributed by atoms with E-state index in [4.69, 9.17) is 17.2 Å². The summed E-state index contributed by atoms with van der Waals surface area (Å²) in [5.41, 5.74) is 16.3. The summed E-state index contributed by atoms with van der Waals surface area (Å²) in [6.45, 7) is -1.52. The minimum Gasteiger partial charge on any atom is -0.480 e. The molecule has 0 aliphatic carbocycles. The molecule has 0 spiro atoms. The number of carbonyl (C=O) groups is 5. The van der Waals surface area contributed by atoms with E-state index in [-0.39, 0.29) is 31.8 Å². The first-order chi connectivity index (χ1) is 17.6. The number of nitrogens with two attached hydrogens (primary N) is 3. The Hall–Kier alpha value is -4.24. The first kappa shape index (κ1) is 30.8. The molecule has 0 aliphatic heterocycles. The summed E-state index contributed by atoms with van der Waals surface area (Å²) in [5.74, 6) is -4.43. The zero-order valence-electron chi connectivity index (χ0n) is 20.2. The van der Waals surface area contributed by atoms with Crippen LogP contribution in [0, 0.1) is 0 Å². The highest BCUT2D eigenvalue weighted by Crippen LogP contribution is 2.06. The number of carboxylic acids is 1. The predicted molar refractivity (Wildman–Crippen MR) is 133 cm³/mol. The van der Waals surface area contributed by atoms with Crippen LogP contribution < -0.4 is 38.5 Å². The topological polar surface area (TPSA) is 264 Å². The number of amides is 4. The number of nitrogens with zero attached hydrogens (tertiary/aromatic N) is 1. The van der Waals surface area contributed by atoms with Crippen LogP contribution in [0.4, 0.5) is 0 Å². The number of aliphatic carboxylic acids is 1. The fourth-order valence-electron chi connectivity index (χ4n) is 3.08. The molecule has 0 radical (unpaired) electrons. The van der Waals surface area contributed by atoms with Gasteiger partial charge in [-0.3, -0.25) is 24.2 Å². The largest absolute Gasteiger partial charge is 0.480 e. The van der Waals surface area contributed by atoms with Crippen molar-refractivity contribution >= 4 is 35.6 Å². The van der Waals surface area contributed by atoms with Crippen molar-refractivity contribution in [3.05, 3.63) is 35.9 Å². The molecule has 4 amide bonds. The zero-order chi connectivity index (χ0) is 27.8. The fourth-order valence-corrected chi connectivity index (χ4v) is 3.08. The molecule has 12 N–H and O–H groups in total. The van der Waals surface area contributed by atoms with Gasteiger partial charge in [0.05, 0.1) is 19.7 Å². The maximum Gasteiger partial charge on any atom is 0.326 e. The number of aliphatic hydroxyl groups excluding tert-OH is 1. The van der Waals surface area contributed by atoms with E-state index in [1.807, 2.05) is 0 Å². The summed E-state index contributed by atoms with van der Waals surface area (Å²) in [6.07, 6.45) is 0.360. The van der Waals surface area contributed by atoms with Crippen molar-refractivity contribution in [1.82, 2.24) is 21.3 Å². The van der Waals surface area contributed by atoms with Gasteiger partial charge >= 0.3 is 5.97 Å². The SMILES string of the molecule is NCC(=O)N[C@@H](CO)C(=O)NCC(=O)N[C@@H](Cc1ccccc1)C(=O)N[C@@H](CCCN=C(N)N)C(=O)O. The average Bonchev–Trinajstić information content (AvgIpc) is 2.87. The van der Waals surface area contributed by atoms with Crippen molar-refractivity contribution in [3.8, 4) is 0 Å². The van der Waals surface area contributed by atoms with Gasteiger partial charge < -0.3 is 48.7 Å². The van der Waals surface area contributed by atoms with E-state index in [9.17, 15) is 34.2 Å². The minimum absolute atomic E-state index is 0.0387. The second-order valence-corrected chi connectivity index (χ2v) is 7.88. The van der Waals surface area contributed by atoms with E-state index in [0.29, 0.717) is 5.56 Å². The van der Waals surface area contributed by atoms with Crippen LogP contribution in [0.2, 0.25) is 0 Å². The van der Waals surface area contributed by atoms with Crippen molar-refractivity contribution in [1.29, 1.82) is 0 Å². The highest BCUT2D eigenvalue weighted by atomic mass is 16.4. The quantitative estimate of drug-likeness (QED) is 0.0575. The zero-order valence-corrected chi connectivity index (χ0v) is 20.2. The molecule has 0 aliphatic rings. The first-order valence-electron chi connectivity index (χ1n) is 11.4. The van der Waals surface area contributed by atoms with Gasteiger partial charge in [-0.15, -0.1) is 0 Å². The van der Waals surface area contributed by atoms with Gasteiger partial charge in [-0.2, -0.15) is 0 Å². The van der Waals surface area contributed by atoms with Crippen molar-refractivity contribution in [2.45, 2.75) is 37.4 Å². The van der Waals surface area contributed by atoms with E-state index in [1.165, 1.54) is 0 Å². The number of hydrogen-bond donors (Lipinski definition) is 9. The van der Waals surface area contributed by atoms with Gasteiger partial charge in [-0.05, 0) is 18.4 Å². The number of rotatable bonds is 16. The van der Waals surface area contributed by atoms with Gasteiger partial charge in [-0.25, -0.2) is 4.79 Å². The summed E-state index contributed by atoms with van der Waals surface area (Å²) in [4.78, 5) is 64.4. The second kappa shape index (κ2) is 16.4. The van der Waals surface area contributed by atoms with E-state index < -0.39 is 67.4 Å². The molecule has 0 unspecified atom stereocenters. The summed E-state index contributed by atoms with van der Waals surface area (Å²) in [7, 11) is 0. The standard InChI is InChI=1S/C22H34N8O7/c23-10-17(32)29-16(12-31)19(34)27-11-18(33)28-15(9-13-5-2-1-3-6-13)20(35)30-14(21(36)37)7-4-8-26-22(24)25/h1-3,5-6,14-16,31H,4,7-12,23H2,(H,27,34)(H,28,33)(H,29,32)(H,30,35)(H,36,37)(H4,24,25,26)/t14-,15-,16-/m0/s1. The van der Waals surface area contributed by atoms with Crippen LogP contribution in [0.1, 0.15) is 18.4 Å². The number of guanidine groups is 1. The maximum absolute atomic E-state index is 12.9. The van der Waals surface area contributed by atoms with Crippen LogP contribution in [0.5, 0.6) is 0 Å². The lowest BCUT2D eigenvalue weighted by molar-refractivity contribution is -0.142. The van der Waals surface area contributed by atoms with Crippen molar-refractivity contribution < 1.29 is 34.2 Å². The Labute approximate surface area is 213 Å². The molecular weight excluding hydrogens is 488 g/mol. The van der Waals surface area contributed by atoms with E-state index in [2.05, 4.69) is 26.3 Å². The lowest BCUT2D eigenvalue weighted by Gasteiger charge is -2.22. The number of carbonyl (C=O) groups excluding carboxylic acids is 4. The summed E-state index contributed by atoms with van der Waals surface area (Å²) >= 11 is 0. The Morgan fingerprint density at radius 2 is 1.54 bits per heavy atom. The second-order valence-electron chi connectivity index (χ2n) is 7.88. The molecule has 1 aromatic rings. The molecule has 15 heteroatoms. The molecule has 1 aromatic carbocycles. The summed E-state index contributed by atoms with van der Waals surface area (Å²) in [5, 5.41) is 28.1. The summed E-state index contributed by atoms with van der Waals surface area (Å²) < 4.78 is 0. The average molecular weight is 523 g/mol. The predicted octanol–water partition coefficient (Wildman–Crippen LogP) is -4.11. The number of carboxylic acid groups (broad SMARTS) is 1. The van der Waals surface area contributed by atoms with Gasteiger partial charge in [0.1, 0.15) is 18.1 Å². The third kappa shape index (κ3) is 12.3. The Kier molecular flexibility index (Phi) is 13.7. The molecule has 1 rings (SSSR count). The molecule has 0 saturated heterocycles. The first-order valence-corrected chi connectivity index (χ1v) is 11.4.